The molecule has 0 saturated carbocycles. The SMILES string of the molecule is CC#C[C@]12O[C@H]1O[C@H](COCc1ccc(Cl)cc1Cl)[C@H]2OCc1ccc(Cl)cc1Cl. The molecule has 0 radical (unpaired) electrons. The minimum atomic E-state index is -0.778. The van der Waals surface area contributed by atoms with Crippen LogP contribution < -0.4 is 0 Å². The van der Waals surface area contributed by atoms with Gasteiger partial charge < -0.3 is 18.9 Å². The van der Waals surface area contributed by atoms with Gasteiger partial charge in [0.2, 0.25) is 11.9 Å². The number of ether oxygens (including phenoxy) is 4. The standard InChI is InChI=1S/C22H18Cl4O4/c1-2-7-22-20(28-11-14-4-6-16(24)9-18(14)26)19(29-21(22)30-22)12-27-10-13-3-5-15(23)8-17(13)25/h3-6,8-9,19-21H,10-12H2,1H3/t19-,20-,21-,22-/m1/s1. The lowest BCUT2D eigenvalue weighted by Gasteiger charge is -2.24. The molecular weight excluding hydrogens is 470 g/mol. The fourth-order valence-corrected chi connectivity index (χ4v) is 4.36. The van der Waals surface area contributed by atoms with Crippen LogP contribution in [0.3, 0.4) is 0 Å². The lowest BCUT2D eigenvalue weighted by molar-refractivity contribution is -0.130. The van der Waals surface area contributed by atoms with Crippen LogP contribution in [-0.4, -0.2) is 30.7 Å². The van der Waals surface area contributed by atoms with Crippen molar-refractivity contribution < 1.29 is 18.9 Å². The van der Waals surface area contributed by atoms with E-state index in [2.05, 4.69) is 11.8 Å². The predicted molar refractivity (Wildman–Crippen MR) is 117 cm³/mol. The van der Waals surface area contributed by atoms with Crippen LogP contribution in [0.2, 0.25) is 20.1 Å². The Morgan fingerprint density at radius 2 is 1.60 bits per heavy atom. The zero-order valence-electron chi connectivity index (χ0n) is 16.0. The van der Waals surface area contributed by atoms with E-state index >= 15 is 0 Å². The van der Waals surface area contributed by atoms with Crippen LogP contribution in [0.1, 0.15) is 18.1 Å². The molecule has 0 amide bonds. The second kappa shape index (κ2) is 9.24. The fraction of sp³-hybridized carbons (Fsp3) is 0.364. The highest BCUT2D eigenvalue weighted by Crippen LogP contribution is 2.50. The highest BCUT2D eigenvalue weighted by molar-refractivity contribution is 6.35. The number of hydrogen-bond donors (Lipinski definition) is 0. The number of halogens is 4. The first-order valence-electron chi connectivity index (χ1n) is 9.27. The Morgan fingerprint density at radius 1 is 0.967 bits per heavy atom. The van der Waals surface area contributed by atoms with E-state index in [1.165, 1.54) is 0 Å². The molecule has 0 unspecified atom stereocenters. The van der Waals surface area contributed by atoms with Gasteiger partial charge in [0.15, 0.2) is 0 Å². The van der Waals surface area contributed by atoms with Crippen LogP contribution >= 0.6 is 46.4 Å². The maximum Gasteiger partial charge on any atom is 0.210 e. The summed E-state index contributed by atoms with van der Waals surface area (Å²) in [5.74, 6) is 6.00. The van der Waals surface area contributed by atoms with E-state index in [0.717, 1.165) is 11.1 Å². The molecule has 4 nitrogen and oxygen atoms in total. The minimum Gasteiger partial charge on any atom is -0.374 e. The molecule has 4 rings (SSSR count). The average Bonchev–Trinajstić information content (AvgIpc) is 3.30. The summed E-state index contributed by atoms with van der Waals surface area (Å²) in [6.45, 7) is 2.65. The summed E-state index contributed by atoms with van der Waals surface area (Å²) < 4.78 is 23.7. The summed E-state index contributed by atoms with van der Waals surface area (Å²) in [6.07, 6.45) is -1.20. The third-order valence-corrected chi connectivity index (χ3v) is 6.14. The normalized spacial score (nSPS) is 26.8. The van der Waals surface area contributed by atoms with E-state index in [1.807, 2.05) is 12.1 Å². The zero-order valence-corrected chi connectivity index (χ0v) is 19.0. The lowest BCUT2D eigenvalue weighted by Crippen LogP contribution is -2.40. The van der Waals surface area contributed by atoms with Crippen molar-refractivity contribution in [3.8, 4) is 11.8 Å². The second-order valence-corrected chi connectivity index (χ2v) is 8.70. The highest BCUT2D eigenvalue weighted by Gasteiger charge is 2.71. The molecule has 0 bridgehead atoms. The number of fused-ring (bicyclic) bond motifs is 1. The Labute approximate surface area is 195 Å². The fourth-order valence-electron chi connectivity index (χ4n) is 3.43. The third kappa shape index (κ3) is 4.60. The van der Waals surface area contributed by atoms with Gasteiger partial charge in [-0.2, -0.15) is 0 Å². The molecule has 0 spiro atoms. The van der Waals surface area contributed by atoms with Crippen molar-refractivity contribution in [2.24, 2.45) is 0 Å². The Bertz CT molecular complexity index is 1000. The first-order valence-corrected chi connectivity index (χ1v) is 10.8. The molecule has 0 aliphatic carbocycles. The van der Waals surface area contributed by atoms with Gasteiger partial charge in [-0.15, -0.1) is 5.92 Å². The van der Waals surface area contributed by atoms with E-state index in [-0.39, 0.29) is 12.7 Å². The minimum absolute atomic E-state index is 0.271. The molecule has 2 saturated heterocycles. The van der Waals surface area contributed by atoms with Crippen molar-refractivity contribution in [3.63, 3.8) is 0 Å². The van der Waals surface area contributed by atoms with Crippen molar-refractivity contribution in [2.75, 3.05) is 6.61 Å². The number of hydrogen-bond acceptors (Lipinski definition) is 4. The molecular formula is C22H18Cl4O4. The largest absolute Gasteiger partial charge is 0.374 e. The predicted octanol–water partition coefficient (Wildman–Crippen LogP) is 5.92. The van der Waals surface area contributed by atoms with E-state index in [4.69, 9.17) is 65.4 Å². The Kier molecular flexibility index (Phi) is 6.84. The smallest absolute Gasteiger partial charge is 0.210 e. The van der Waals surface area contributed by atoms with Gasteiger partial charge in [-0.1, -0.05) is 64.5 Å². The summed E-state index contributed by atoms with van der Waals surface area (Å²) in [5, 5.41) is 2.24. The maximum absolute atomic E-state index is 6.27. The molecule has 0 N–H and O–H groups in total. The molecule has 4 atom stereocenters. The summed E-state index contributed by atoms with van der Waals surface area (Å²) in [7, 11) is 0. The summed E-state index contributed by atoms with van der Waals surface area (Å²) in [5.41, 5.74) is 0.880. The topological polar surface area (TPSA) is 40.2 Å². The molecule has 2 aromatic carbocycles. The van der Waals surface area contributed by atoms with Crippen LogP contribution in [0.15, 0.2) is 36.4 Å². The van der Waals surface area contributed by atoms with Crippen molar-refractivity contribution in [2.45, 2.75) is 44.2 Å². The Hall–Kier alpha value is -1.000. The van der Waals surface area contributed by atoms with E-state index in [1.54, 1.807) is 31.2 Å². The molecule has 0 aromatic heterocycles. The van der Waals surface area contributed by atoms with Gasteiger partial charge in [0.1, 0.15) is 12.2 Å². The molecule has 2 aliphatic rings. The van der Waals surface area contributed by atoms with Crippen molar-refractivity contribution >= 4 is 46.4 Å². The molecule has 30 heavy (non-hydrogen) atoms. The van der Waals surface area contributed by atoms with Crippen LogP contribution in [0.25, 0.3) is 0 Å². The van der Waals surface area contributed by atoms with Gasteiger partial charge in [0, 0.05) is 20.1 Å². The molecule has 2 fully saturated rings. The van der Waals surface area contributed by atoms with Crippen molar-refractivity contribution in [3.05, 3.63) is 67.6 Å². The summed E-state index contributed by atoms with van der Waals surface area (Å²) >= 11 is 24.4. The van der Waals surface area contributed by atoms with Gasteiger partial charge in [0.25, 0.3) is 0 Å². The molecule has 2 heterocycles. The van der Waals surface area contributed by atoms with Gasteiger partial charge >= 0.3 is 0 Å². The molecule has 2 aliphatic heterocycles. The Balaban J connectivity index is 1.42. The highest BCUT2D eigenvalue weighted by atomic mass is 35.5. The number of epoxide rings is 1. The van der Waals surface area contributed by atoms with Gasteiger partial charge in [-0.05, 0) is 42.3 Å². The second-order valence-electron chi connectivity index (χ2n) is 7.01. The van der Waals surface area contributed by atoms with Crippen molar-refractivity contribution in [1.29, 1.82) is 0 Å². The average molecular weight is 488 g/mol. The summed E-state index contributed by atoms with van der Waals surface area (Å²) in [6, 6.07) is 10.6. The van der Waals surface area contributed by atoms with Gasteiger partial charge in [-0.3, -0.25) is 0 Å². The monoisotopic (exact) mass is 486 g/mol. The zero-order chi connectivity index (χ0) is 21.3. The molecule has 158 valence electrons. The van der Waals surface area contributed by atoms with Crippen molar-refractivity contribution in [1.82, 2.24) is 0 Å². The summed E-state index contributed by atoms with van der Waals surface area (Å²) in [4.78, 5) is 0. The molecule has 8 heteroatoms. The first-order chi connectivity index (χ1) is 14.4. The van der Waals surface area contributed by atoms with E-state index in [9.17, 15) is 0 Å². The Morgan fingerprint density at radius 3 is 2.20 bits per heavy atom. The first kappa shape index (κ1) is 22.2. The quantitative estimate of drug-likeness (QED) is 0.359. The van der Waals surface area contributed by atoms with Crippen LogP contribution in [0.5, 0.6) is 0 Å². The van der Waals surface area contributed by atoms with Gasteiger partial charge in [-0.25, -0.2) is 0 Å². The third-order valence-electron chi connectivity index (χ3n) is 4.96. The van der Waals surface area contributed by atoms with Crippen LogP contribution in [0.4, 0.5) is 0 Å². The van der Waals surface area contributed by atoms with Crippen LogP contribution in [-0.2, 0) is 32.2 Å². The van der Waals surface area contributed by atoms with Gasteiger partial charge in [0.05, 0.1) is 19.8 Å². The number of rotatable bonds is 7. The maximum atomic E-state index is 6.27. The number of benzene rings is 2. The molecule has 2 aromatic rings. The van der Waals surface area contributed by atoms with E-state index in [0.29, 0.717) is 33.3 Å². The van der Waals surface area contributed by atoms with Crippen LogP contribution in [0, 0.1) is 11.8 Å². The lowest BCUT2D eigenvalue weighted by atomic mass is 10.0. The van der Waals surface area contributed by atoms with E-state index < -0.39 is 18.0 Å².